The van der Waals surface area contributed by atoms with Crippen LogP contribution in [0.2, 0.25) is 0 Å². The predicted molar refractivity (Wildman–Crippen MR) is 65.6 cm³/mol. The predicted octanol–water partition coefficient (Wildman–Crippen LogP) is 1.65. The van der Waals surface area contributed by atoms with E-state index in [1.165, 1.54) is 12.8 Å². The Hall–Kier alpha value is -1.16. The van der Waals surface area contributed by atoms with Crippen molar-refractivity contribution in [2.24, 2.45) is 0 Å². The molecule has 2 N–H and O–H groups in total. The number of aryl methyl sites for hydroxylation is 2. The van der Waals surface area contributed by atoms with Crippen LogP contribution < -0.4 is 10.6 Å². The SMILES string of the molecule is Cc1cc(C)nc(NC2CCCNCC2)n1. The topological polar surface area (TPSA) is 49.8 Å². The monoisotopic (exact) mass is 220 g/mol. The van der Waals surface area contributed by atoms with E-state index >= 15 is 0 Å². The highest BCUT2D eigenvalue weighted by molar-refractivity contribution is 5.29. The van der Waals surface area contributed by atoms with E-state index in [0.29, 0.717) is 6.04 Å². The average molecular weight is 220 g/mol. The van der Waals surface area contributed by atoms with Crippen molar-refractivity contribution in [2.75, 3.05) is 18.4 Å². The summed E-state index contributed by atoms with van der Waals surface area (Å²) in [5, 5.41) is 6.85. The molecule has 88 valence electrons. The highest BCUT2D eigenvalue weighted by Crippen LogP contribution is 2.11. The standard InChI is InChI=1S/C12H20N4/c1-9-8-10(2)15-12(14-9)16-11-4-3-6-13-7-5-11/h8,11,13H,3-7H2,1-2H3,(H,14,15,16). The molecule has 1 atom stereocenters. The molecule has 1 aliphatic heterocycles. The van der Waals surface area contributed by atoms with Gasteiger partial charge in [0.05, 0.1) is 0 Å². The molecule has 1 aliphatic rings. The Morgan fingerprint density at radius 2 is 1.94 bits per heavy atom. The lowest BCUT2D eigenvalue weighted by atomic mass is 10.1. The Balaban J connectivity index is 2.01. The fourth-order valence-electron chi connectivity index (χ4n) is 2.14. The normalized spacial score (nSPS) is 21.5. The van der Waals surface area contributed by atoms with Crippen LogP contribution in [0.5, 0.6) is 0 Å². The zero-order chi connectivity index (χ0) is 11.4. The van der Waals surface area contributed by atoms with Crippen LogP contribution in [-0.4, -0.2) is 29.1 Å². The van der Waals surface area contributed by atoms with Gasteiger partial charge in [-0.05, 0) is 52.3 Å². The van der Waals surface area contributed by atoms with Gasteiger partial charge in [-0.1, -0.05) is 0 Å². The van der Waals surface area contributed by atoms with Crippen molar-refractivity contribution < 1.29 is 0 Å². The van der Waals surface area contributed by atoms with E-state index in [9.17, 15) is 0 Å². The molecule has 0 radical (unpaired) electrons. The number of nitrogens with zero attached hydrogens (tertiary/aromatic N) is 2. The summed E-state index contributed by atoms with van der Waals surface area (Å²) in [6, 6.07) is 2.51. The van der Waals surface area contributed by atoms with E-state index < -0.39 is 0 Å². The van der Waals surface area contributed by atoms with E-state index in [4.69, 9.17) is 0 Å². The van der Waals surface area contributed by atoms with Crippen LogP contribution in [-0.2, 0) is 0 Å². The molecule has 1 aromatic rings. The molecule has 1 saturated heterocycles. The molecule has 2 heterocycles. The Bertz CT molecular complexity index is 323. The van der Waals surface area contributed by atoms with Crippen LogP contribution in [0.1, 0.15) is 30.7 Å². The molecule has 1 fully saturated rings. The highest BCUT2D eigenvalue weighted by Gasteiger charge is 2.12. The summed E-state index contributed by atoms with van der Waals surface area (Å²) in [6.07, 6.45) is 3.57. The number of hydrogen-bond donors (Lipinski definition) is 2. The van der Waals surface area contributed by atoms with Crippen molar-refractivity contribution in [3.05, 3.63) is 17.5 Å². The van der Waals surface area contributed by atoms with Crippen molar-refractivity contribution in [3.8, 4) is 0 Å². The second-order valence-corrected chi connectivity index (χ2v) is 4.50. The molecule has 0 aliphatic carbocycles. The first-order valence-corrected chi connectivity index (χ1v) is 6.03. The van der Waals surface area contributed by atoms with Crippen LogP contribution in [0.3, 0.4) is 0 Å². The largest absolute Gasteiger partial charge is 0.351 e. The summed E-state index contributed by atoms with van der Waals surface area (Å²) in [6.45, 7) is 6.23. The molecule has 16 heavy (non-hydrogen) atoms. The van der Waals surface area contributed by atoms with E-state index in [0.717, 1.165) is 36.8 Å². The molecule has 0 amide bonds. The summed E-state index contributed by atoms with van der Waals surface area (Å²) < 4.78 is 0. The van der Waals surface area contributed by atoms with Crippen molar-refractivity contribution in [1.29, 1.82) is 0 Å². The lowest BCUT2D eigenvalue weighted by Crippen LogP contribution is -2.23. The maximum atomic E-state index is 4.42. The minimum atomic E-state index is 0.510. The summed E-state index contributed by atoms with van der Waals surface area (Å²) in [7, 11) is 0. The fourth-order valence-corrected chi connectivity index (χ4v) is 2.14. The smallest absolute Gasteiger partial charge is 0.223 e. The lowest BCUT2D eigenvalue weighted by molar-refractivity contribution is 0.631. The third-order valence-electron chi connectivity index (χ3n) is 2.89. The van der Waals surface area contributed by atoms with Gasteiger partial charge in [0, 0.05) is 17.4 Å². The van der Waals surface area contributed by atoms with E-state index in [1.54, 1.807) is 0 Å². The van der Waals surface area contributed by atoms with Crippen LogP contribution in [0, 0.1) is 13.8 Å². The molecule has 0 spiro atoms. The Morgan fingerprint density at radius 1 is 1.19 bits per heavy atom. The first-order chi connectivity index (χ1) is 7.74. The van der Waals surface area contributed by atoms with Gasteiger partial charge in [0.15, 0.2) is 0 Å². The number of rotatable bonds is 2. The van der Waals surface area contributed by atoms with Gasteiger partial charge in [0.25, 0.3) is 0 Å². The van der Waals surface area contributed by atoms with Crippen LogP contribution >= 0.6 is 0 Å². The minimum absolute atomic E-state index is 0.510. The summed E-state index contributed by atoms with van der Waals surface area (Å²) >= 11 is 0. The first-order valence-electron chi connectivity index (χ1n) is 6.03. The molecular formula is C12H20N4. The summed E-state index contributed by atoms with van der Waals surface area (Å²) in [5.74, 6) is 0.782. The van der Waals surface area contributed by atoms with Gasteiger partial charge in [-0.15, -0.1) is 0 Å². The maximum Gasteiger partial charge on any atom is 0.223 e. The quantitative estimate of drug-likeness (QED) is 0.795. The van der Waals surface area contributed by atoms with E-state index in [1.807, 2.05) is 19.9 Å². The molecule has 0 bridgehead atoms. The average Bonchev–Trinajstić information content (AvgIpc) is 2.44. The second kappa shape index (κ2) is 5.25. The third kappa shape index (κ3) is 3.17. The van der Waals surface area contributed by atoms with E-state index in [-0.39, 0.29) is 0 Å². The highest BCUT2D eigenvalue weighted by atomic mass is 15.1. The minimum Gasteiger partial charge on any atom is -0.351 e. The fraction of sp³-hybridized carbons (Fsp3) is 0.667. The lowest BCUT2D eigenvalue weighted by Gasteiger charge is -2.16. The maximum absolute atomic E-state index is 4.42. The molecule has 4 nitrogen and oxygen atoms in total. The van der Waals surface area contributed by atoms with Gasteiger partial charge in [-0.3, -0.25) is 0 Å². The number of anilines is 1. The van der Waals surface area contributed by atoms with Crippen molar-refractivity contribution in [1.82, 2.24) is 15.3 Å². The zero-order valence-corrected chi connectivity index (χ0v) is 10.1. The second-order valence-electron chi connectivity index (χ2n) is 4.50. The van der Waals surface area contributed by atoms with Gasteiger partial charge in [-0.2, -0.15) is 0 Å². The zero-order valence-electron chi connectivity index (χ0n) is 10.1. The Morgan fingerprint density at radius 3 is 2.69 bits per heavy atom. The molecular weight excluding hydrogens is 200 g/mol. The van der Waals surface area contributed by atoms with Crippen LogP contribution in [0.25, 0.3) is 0 Å². The van der Waals surface area contributed by atoms with E-state index in [2.05, 4.69) is 20.6 Å². The van der Waals surface area contributed by atoms with Gasteiger partial charge >= 0.3 is 0 Å². The molecule has 0 aromatic carbocycles. The Kier molecular flexibility index (Phi) is 3.72. The van der Waals surface area contributed by atoms with Crippen LogP contribution in [0.4, 0.5) is 5.95 Å². The van der Waals surface area contributed by atoms with Gasteiger partial charge < -0.3 is 10.6 Å². The molecule has 1 aromatic heterocycles. The van der Waals surface area contributed by atoms with Gasteiger partial charge in [0.1, 0.15) is 0 Å². The molecule has 2 rings (SSSR count). The molecule has 4 heteroatoms. The molecule has 0 saturated carbocycles. The van der Waals surface area contributed by atoms with Crippen molar-refractivity contribution >= 4 is 5.95 Å². The van der Waals surface area contributed by atoms with Gasteiger partial charge in [-0.25, -0.2) is 9.97 Å². The third-order valence-corrected chi connectivity index (χ3v) is 2.89. The van der Waals surface area contributed by atoms with Gasteiger partial charge in [0.2, 0.25) is 5.95 Å². The first kappa shape index (κ1) is 11.3. The summed E-state index contributed by atoms with van der Waals surface area (Å²) in [4.78, 5) is 8.83. The van der Waals surface area contributed by atoms with Crippen LogP contribution in [0.15, 0.2) is 6.07 Å². The number of nitrogens with one attached hydrogen (secondary N) is 2. The number of aromatic nitrogens is 2. The summed E-state index contributed by atoms with van der Waals surface area (Å²) in [5.41, 5.74) is 2.06. The molecule has 1 unspecified atom stereocenters. The Labute approximate surface area is 96.9 Å². The number of hydrogen-bond acceptors (Lipinski definition) is 4. The van der Waals surface area contributed by atoms with Crippen molar-refractivity contribution in [2.45, 2.75) is 39.2 Å². The van der Waals surface area contributed by atoms with Crippen molar-refractivity contribution in [3.63, 3.8) is 0 Å².